The van der Waals surface area contributed by atoms with Crippen LogP contribution in [0.25, 0.3) is 0 Å². The lowest BCUT2D eigenvalue weighted by Crippen LogP contribution is -2.32. The Balaban J connectivity index is 1.73. The van der Waals surface area contributed by atoms with Crippen LogP contribution in [0.2, 0.25) is 0 Å². The molecular formula is C18H22N2O4. The van der Waals surface area contributed by atoms with Gasteiger partial charge in [-0.3, -0.25) is 14.4 Å². The van der Waals surface area contributed by atoms with Crippen LogP contribution in [0.4, 0.5) is 11.4 Å². The number of carboxylic acid groups (broad SMARTS) is 1. The summed E-state index contributed by atoms with van der Waals surface area (Å²) in [6.07, 6.45) is 3.83. The second kappa shape index (κ2) is 7.03. The molecule has 1 saturated carbocycles. The Morgan fingerprint density at radius 3 is 2.58 bits per heavy atom. The maximum Gasteiger partial charge on any atom is 0.306 e. The molecule has 2 aliphatic rings. The summed E-state index contributed by atoms with van der Waals surface area (Å²) in [5.41, 5.74) is 1.34. The molecule has 24 heavy (non-hydrogen) atoms. The minimum atomic E-state index is -0.824. The van der Waals surface area contributed by atoms with Gasteiger partial charge in [0.15, 0.2) is 0 Å². The third-order valence-electron chi connectivity index (χ3n) is 4.92. The Bertz CT molecular complexity index is 658. The van der Waals surface area contributed by atoms with Crippen LogP contribution in [0.1, 0.15) is 38.5 Å². The summed E-state index contributed by atoms with van der Waals surface area (Å²) in [6, 6.07) is 7.29. The third-order valence-corrected chi connectivity index (χ3v) is 4.92. The number of aliphatic carboxylic acids is 1. The van der Waals surface area contributed by atoms with Crippen molar-refractivity contribution in [3.8, 4) is 0 Å². The van der Waals surface area contributed by atoms with Gasteiger partial charge in [-0.15, -0.1) is 0 Å². The Kier molecular flexibility index (Phi) is 4.83. The Hall–Kier alpha value is -2.37. The lowest BCUT2D eigenvalue weighted by molar-refractivity contribution is -0.143. The van der Waals surface area contributed by atoms with Gasteiger partial charge in [0.25, 0.3) is 0 Å². The number of carbonyl (C=O) groups is 3. The van der Waals surface area contributed by atoms with E-state index in [1.807, 2.05) is 18.2 Å². The molecule has 6 heteroatoms. The molecule has 2 unspecified atom stereocenters. The summed E-state index contributed by atoms with van der Waals surface area (Å²) in [5.74, 6) is -1.64. The van der Waals surface area contributed by atoms with E-state index in [-0.39, 0.29) is 17.7 Å². The maximum atomic E-state index is 12.6. The summed E-state index contributed by atoms with van der Waals surface area (Å²) in [4.78, 5) is 37.4. The number of nitrogens with one attached hydrogen (secondary N) is 1. The Labute approximate surface area is 140 Å². The van der Waals surface area contributed by atoms with E-state index in [1.165, 1.54) is 0 Å². The summed E-state index contributed by atoms with van der Waals surface area (Å²) in [5, 5.41) is 12.1. The first-order valence-electron chi connectivity index (χ1n) is 8.49. The average molecular weight is 330 g/mol. The van der Waals surface area contributed by atoms with E-state index in [9.17, 15) is 14.4 Å². The first-order valence-corrected chi connectivity index (χ1v) is 8.49. The highest BCUT2D eigenvalue weighted by molar-refractivity contribution is 6.02. The molecule has 128 valence electrons. The van der Waals surface area contributed by atoms with Gasteiger partial charge in [-0.1, -0.05) is 18.6 Å². The number of nitrogens with zero attached hydrogens (tertiary/aromatic N) is 1. The SMILES string of the molecule is O=C(O)C1CCCC(C(=O)Nc2ccccc2N2CCCC2=O)C1. The van der Waals surface area contributed by atoms with E-state index >= 15 is 0 Å². The molecule has 2 fully saturated rings. The number of hydrogen-bond donors (Lipinski definition) is 2. The third kappa shape index (κ3) is 3.42. The molecule has 0 spiro atoms. The fourth-order valence-electron chi connectivity index (χ4n) is 3.60. The fourth-order valence-corrected chi connectivity index (χ4v) is 3.60. The van der Waals surface area contributed by atoms with Crippen molar-refractivity contribution in [2.45, 2.75) is 38.5 Å². The number of anilines is 2. The van der Waals surface area contributed by atoms with Gasteiger partial charge < -0.3 is 15.3 Å². The van der Waals surface area contributed by atoms with Crippen molar-refractivity contribution in [3.63, 3.8) is 0 Å². The van der Waals surface area contributed by atoms with Crippen LogP contribution in [0.5, 0.6) is 0 Å². The minimum absolute atomic E-state index is 0.0697. The molecule has 0 aromatic heterocycles. The van der Waals surface area contributed by atoms with E-state index in [2.05, 4.69) is 5.32 Å². The summed E-state index contributed by atoms with van der Waals surface area (Å²) in [6.45, 7) is 0.663. The largest absolute Gasteiger partial charge is 0.481 e. The molecule has 2 N–H and O–H groups in total. The Morgan fingerprint density at radius 2 is 1.88 bits per heavy atom. The number of carboxylic acids is 1. The van der Waals surface area contributed by atoms with E-state index < -0.39 is 11.9 Å². The Morgan fingerprint density at radius 1 is 1.12 bits per heavy atom. The number of benzene rings is 1. The van der Waals surface area contributed by atoms with Crippen molar-refractivity contribution in [1.82, 2.24) is 0 Å². The molecule has 1 heterocycles. The second-order valence-electron chi connectivity index (χ2n) is 6.55. The smallest absolute Gasteiger partial charge is 0.306 e. The topological polar surface area (TPSA) is 86.7 Å². The van der Waals surface area contributed by atoms with Crippen LogP contribution >= 0.6 is 0 Å². The molecule has 1 aliphatic carbocycles. The van der Waals surface area contributed by atoms with Gasteiger partial charge in [0, 0.05) is 18.9 Å². The quantitative estimate of drug-likeness (QED) is 0.888. The van der Waals surface area contributed by atoms with Gasteiger partial charge in [-0.25, -0.2) is 0 Å². The van der Waals surface area contributed by atoms with Crippen molar-refractivity contribution >= 4 is 29.2 Å². The molecule has 1 aromatic carbocycles. The molecule has 1 aliphatic heterocycles. The van der Waals surface area contributed by atoms with Crippen LogP contribution in [-0.2, 0) is 14.4 Å². The first-order chi connectivity index (χ1) is 11.6. The number of carbonyl (C=O) groups excluding carboxylic acids is 2. The lowest BCUT2D eigenvalue weighted by Gasteiger charge is -2.27. The highest BCUT2D eigenvalue weighted by Gasteiger charge is 2.32. The first kappa shape index (κ1) is 16.5. The fraction of sp³-hybridized carbons (Fsp3) is 0.500. The van der Waals surface area contributed by atoms with Crippen molar-refractivity contribution in [3.05, 3.63) is 24.3 Å². The molecule has 1 saturated heterocycles. The average Bonchev–Trinajstić information content (AvgIpc) is 3.01. The number of rotatable bonds is 4. The number of amides is 2. The molecule has 2 atom stereocenters. The molecule has 1 aromatic rings. The van der Waals surface area contributed by atoms with Crippen molar-refractivity contribution < 1.29 is 19.5 Å². The van der Waals surface area contributed by atoms with Gasteiger partial charge in [-0.05, 0) is 37.8 Å². The molecule has 0 radical (unpaired) electrons. The molecule has 0 bridgehead atoms. The molecule has 2 amide bonds. The standard InChI is InChI=1S/C18H22N2O4/c21-16-9-4-10-20(16)15-8-2-1-7-14(15)19-17(22)12-5-3-6-13(11-12)18(23)24/h1-2,7-8,12-13H,3-6,9-11H2,(H,19,22)(H,23,24). The highest BCUT2D eigenvalue weighted by atomic mass is 16.4. The maximum absolute atomic E-state index is 12.6. The predicted molar refractivity (Wildman–Crippen MR) is 89.7 cm³/mol. The van der Waals surface area contributed by atoms with E-state index in [4.69, 9.17) is 5.11 Å². The van der Waals surface area contributed by atoms with Crippen LogP contribution in [0.15, 0.2) is 24.3 Å². The summed E-state index contributed by atoms with van der Waals surface area (Å²) < 4.78 is 0. The molecule has 3 rings (SSSR count). The van der Waals surface area contributed by atoms with Crippen molar-refractivity contribution in [2.24, 2.45) is 11.8 Å². The van der Waals surface area contributed by atoms with Gasteiger partial charge in [0.05, 0.1) is 17.3 Å². The zero-order chi connectivity index (χ0) is 17.1. The van der Waals surface area contributed by atoms with Gasteiger partial charge in [0.1, 0.15) is 0 Å². The minimum Gasteiger partial charge on any atom is -0.481 e. The second-order valence-corrected chi connectivity index (χ2v) is 6.55. The molecular weight excluding hydrogens is 308 g/mol. The zero-order valence-electron chi connectivity index (χ0n) is 13.5. The van der Waals surface area contributed by atoms with Crippen molar-refractivity contribution in [1.29, 1.82) is 0 Å². The number of hydrogen-bond acceptors (Lipinski definition) is 3. The van der Waals surface area contributed by atoms with E-state index in [1.54, 1.807) is 11.0 Å². The lowest BCUT2D eigenvalue weighted by atomic mass is 9.81. The van der Waals surface area contributed by atoms with Crippen LogP contribution in [0.3, 0.4) is 0 Å². The van der Waals surface area contributed by atoms with Gasteiger partial charge in [0.2, 0.25) is 11.8 Å². The summed E-state index contributed by atoms with van der Waals surface area (Å²) >= 11 is 0. The molecule has 6 nitrogen and oxygen atoms in total. The van der Waals surface area contributed by atoms with Crippen LogP contribution in [-0.4, -0.2) is 29.4 Å². The van der Waals surface area contributed by atoms with Gasteiger partial charge >= 0.3 is 5.97 Å². The van der Waals surface area contributed by atoms with Crippen LogP contribution < -0.4 is 10.2 Å². The monoisotopic (exact) mass is 330 g/mol. The highest BCUT2D eigenvalue weighted by Crippen LogP contribution is 2.33. The summed E-state index contributed by atoms with van der Waals surface area (Å²) in [7, 11) is 0. The van der Waals surface area contributed by atoms with Crippen LogP contribution in [0, 0.1) is 11.8 Å². The normalized spacial score (nSPS) is 24.0. The predicted octanol–water partition coefficient (Wildman–Crippen LogP) is 2.64. The van der Waals surface area contributed by atoms with Crippen molar-refractivity contribution in [2.75, 3.05) is 16.8 Å². The van der Waals surface area contributed by atoms with E-state index in [0.717, 1.165) is 18.5 Å². The zero-order valence-corrected chi connectivity index (χ0v) is 13.5. The van der Waals surface area contributed by atoms with Gasteiger partial charge in [-0.2, -0.15) is 0 Å². The van der Waals surface area contributed by atoms with E-state index in [0.29, 0.717) is 37.9 Å². The number of para-hydroxylation sites is 2.